The van der Waals surface area contributed by atoms with Gasteiger partial charge in [-0.15, -0.1) is 0 Å². The molecule has 20 heavy (non-hydrogen) atoms. The Morgan fingerprint density at radius 1 is 1.60 bits per heavy atom. The topological polar surface area (TPSA) is 88.2 Å². The molecule has 1 rings (SSSR count). The van der Waals surface area contributed by atoms with E-state index in [-0.39, 0.29) is 18.7 Å². The van der Waals surface area contributed by atoms with Gasteiger partial charge in [0.05, 0.1) is 18.6 Å². The van der Waals surface area contributed by atoms with Crippen LogP contribution in [0.1, 0.15) is 18.2 Å². The average Bonchev–Trinajstić information content (AvgIpc) is 2.38. The first-order valence-corrected chi connectivity index (χ1v) is 5.99. The number of ether oxygens (including phenoxy) is 1. The second-order valence-corrected chi connectivity index (χ2v) is 4.13. The Hall–Kier alpha value is -2.62. The molecule has 7 heteroatoms. The summed E-state index contributed by atoms with van der Waals surface area (Å²) in [6, 6.07) is 1.82. The molecule has 0 aliphatic carbocycles. The van der Waals surface area contributed by atoms with Crippen LogP contribution in [0, 0.1) is 11.3 Å². The predicted molar refractivity (Wildman–Crippen MR) is 72.6 cm³/mol. The SMILES string of the molecule is CCOC(=O)Cn1cnc(=O)c(C#N)c1/C=C/N(C)C. The summed E-state index contributed by atoms with van der Waals surface area (Å²) in [6.45, 7) is 1.86. The van der Waals surface area contributed by atoms with E-state index in [0.717, 1.165) is 0 Å². The Labute approximate surface area is 116 Å². The van der Waals surface area contributed by atoms with Gasteiger partial charge in [0.1, 0.15) is 18.2 Å². The van der Waals surface area contributed by atoms with Gasteiger partial charge in [0, 0.05) is 20.3 Å². The summed E-state index contributed by atoms with van der Waals surface area (Å²) in [6.07, 6.45) is 4.49. The van der Waals surface area contributed by atoms with E-state index in [4.69, 9.17) is 10.00 Å². The Bertz CT molecular complexity index is 611. The van der Waals surface area contributed by atoms with Crippen LogP contribution >= 0.6 is 0 Å². The predicted octanol–water partition coefficient (Wildman–Crippen LogP) is 0.210. The fraction of sp³-hybridized carbons (Fsp3) is 0.385. The lowest BCUT2D eigenvalue weighted by atomic mass is 10.2. The molecule has 0 N–H and O–H groups in total. The molecule has 0 aliphatic rings. The minimum Gasteiger partial charge on any atom is -0.465 e. The average molecular weight is 276 g/mol. The first-order chi connectivity index (χ1) is 9.49. The number of aromatic nitrogens is 2. The summed E-state index contributed by atoms with van der Waals surface area (Å²) in [5.41, 5.74) is -0.393. The smallest absolute Gasteiger partial charge is 0.325 e. The van der Waals surface area contributed by atoms with Gasteiger partial charge in [-0.25, -0.2) is 0 Å². The highest BCUT2D eigenvalue weighted by molar-refractivity contribution is 5.70. The number of esters is 1. The zero-order valence-corrected chi connectivity index (χ0v) is 11.7. The second-order valence-electron chi connectivity index (χ2n) is 4.13. The third-order valence-electron chi connectivity index (χ3n) is 2.34. The Kier molecular flexibility index (Phi) is 5.47. The van der Waals surface area contributed by atoms with Gasteiger partial charge in [0.2, 0.25) is 0 Å². The van der Waals surface area contributed by atoms with Gasteiger partial charge >= 0.3 is 5.97 Å². The monoisotopic (exact) mass is 276 g/mol. The van der Waals surface area contributed by atoms with E-state index in [1.54, 1.807) is 38.2 Å². The van der Waals surface area contributed by atoms with Crippen molar-refractivity contribution in [2.24, 2.45) is 0 Å². The normalized spacial score (nSPS) is 10.3. The molecule has 7 nitrogen and oxygen atoms in total. The molecule has 0 saturated carbocycles. The highest BCUT2D eigenvalue weighted by atomic mass is 16.5. The molecule has 0 saturated heterocycles. The maximum Gasteiger partial charge on any atom is 0.325 e. The number of carbonyl (C=O) groups excluding carboxylic acids is 1. The van der Waals surface area contributed by atoms with Gasteiger partial charge < -0.3 is 14.2 Å². The van der Waals surface area contributed by atoms with Crippen LogP contribution in [0.3, 0.4) is 0 Å². The van der Waals surface area contributed by atoms with E-state index in [2.05, 4.69) is 4.98 Å². The van der Waals surface area contributed by atoms with Crippen molar-refractivity contribution in [3.05, 3.63) is 34.1 Å². The number of hydrogen-bond acceptors (Lipinski definition) is 6. The zero-order valence-electron chi connectivity index (χ0n) is 11.7. The lowest BCUT2D eigenvalue weighted by Crippen LogP contribution is -2.22. The number of carbonyl (C=O) groups is 1. The van der Waals surface area contributed by atoms with Gasteiger partial charge in [-0.2, -0.15) is 10.2 Å². The summed E-state index contributed by atoms with van der Waals surface area (Å²) in [5.74, 6) is -0.457. The van der Waals surface area contributed by atoms with Gasteiger partial charge in [-0.3, -0.25) is 9.59 Å². The van der Waals surface area contributed by atoms with E-state index in [1.165, 1.54) is 10.9 Å². The molecule has 1 aromatic heterocycles. The fourth-order valence-corrected chi connectivity index (χ4v) is 1.48. The molecule has 0 atom stereocenters. The van der Waals surface area contributed by atoms with Crippen LogP contribution in [0.4, 0.5) is 0 Å². The number of hydrogen-bond donors (Lipinski definition) is 0. The molecule has 1 aromatic rings. The van der Waals surface area contributed by atoms with Crippen LogP contribution in [0.5, 0.6) is 0 Å². The van der Waals surface area contributed by atoms with Crippen LogP contribution in [0.15, 0.2) is 17.3 Å². The molecule has 0 amide bonds. The molecule has 0 bridgehead atoms. The largest absolute Gasteiger partial charge is 0.465 e. The minimum absolute atomic E-state index is 0.102. The highest BCUT2D eigenvalue weighted by Gasteiger charge is 2.12. The maximum atomic E-state index is 11.6. The lowest BCUT2D eigenvalue weighted by Gasteiger charge is -2.11. The van der Waals surface area contributed by atoms with Crippen molar-refractivity contribution in [1.29, 1.82) is 5.26 Å². The first kappa shape index (κ1) is 15.4. The zero-order chi connectivity index (χ0) is 15.1. The Morgan fingerprint density at radius 2 is 2.30 bits per heavy atom. The van der Waals surface area contributed by atoms with Crippen molar-refractivity contribution in [1.82, 2.24) is 14.5 Å². The van der Waals surface area contributed by atoms with Gasteiger partial charge in [-0.1, -0.05) is 0 Å². The van der Waals surface area contributed by atoms with E-state index >= 15 is 0 Å². The third-order valence-corrected chi connectivity index (χ3v) is 2.34. The molecule has 0 unspecified atom stereocenters. The molecule has 0 aliphatic heterocycles. The van der Waals surface area contributed by atoms with Crippen LogP contribution in [-0.2, 0) is 16.1 Å². The molecule has 0 aromatic carbocycles. The molecule has 1 heterocycles. The summed E-state index contributed by atoms with van der Waals surface area (Å²) >= 11 is 0. The lowest BCUT2D eigenvalue weighted by molar-refractivity contribution is -0.143. The van der Waals surface area contributed by atoms with Crippen molar-refractivity contribution < 1.29 is 9.53 Å². The van der Waals surface area contributed by atoms with Gasteiger partial charge in [-0.05, 0) is 13.0 Å². The van der Waals surface area contributed by atoms with Crippen LogP contribution < -0.4 is 5.56 Å². The van der Waals surface area contributed by atoms with Crippen molar-refractivity contribution >= 4 is 12.0 Å². The van der Waals surface area contributed by atoms with Crippen molar-refractivity contribution in [2.45, 2.75) is 13.5 Å². The van der Waals surface area contributed by atoms with E-state index in [0.29, 0.717) is 5.69 Å². The van der Waals surface area contributed by atoms with E-state index in [9.17, 15) is 9.59 Å². The number of rotatable bonds is 5. The molecule has 0 fully saturated rings. The van der Waals surface area contributed by atoms with Crippen molar-refractivity contribution in [3.63, 3.8) is 0 Å². The first-order valence-electron chi connectivity index (χ1n) is 5.99. The fourth-order valence-electron chi connectivity index (χ4n) is 1.48. The molecular weight excluding hydrogens is 260 g/mol. The minimum atomic E-state index is -0.619. The Balaban J connectivity index is 3.26. The van der Waals surface area contributed by atoms with Crippen molar-refractivity contribution in [2.75, 3.05) is 20.7 Å². The van der Waals surface area contributed by atoms with Gasteiger partial charge in [0.15, 0.2) is 0 Å². The van der Waals surface area contributed by atoms with Crippen LogP contribution in [0.25, 0.3) is 6.08 Å². The highest BCUT2D eigenvalue weighted by Crippen LogP contribution is 2.06. The Morgan fingerprint density at radius 3 is 2.85 bits per heavy atom. The van der Waals surface area contributed by atoms with Crippen LogP contribution in [-0.4, -0.2) is 41.1 Å². The molecule has 0 radical (unpaired) electrons. The summed E-state index contributed by atoms with van der Waals surface area (Å²) in [4.78, 5) is 28.4. The second kappa shape index (κ2) is 7.09. The summed E-state index contributed by atoms with van der Waals surface area (Å²) < 4.78 is 6.26. The molecule has 106 valence electrons. The summed E-state index contributed by atoms with van der Waals surface area (Å²) in [5, 5.41) is 9.06. The molecule has 0 spiro atoms. The maximum absolute atomic E-state index is 11.6. The molecular formula is C13H16N4O3. The van der Waals surface area contributed by atoms with Gasteiger partial charge in [0.25, 0.3) is 5.56 Å². The summed E-state index contributed by atoms with van der Waals surface area (Å²) in [7, 11) is 3.61. The van der Waals surface area contributed by atoms with E-state index < -0.39 is 11.5 Å². The number of nitriles is 1. The quantitative estimate of drug-likeness (QED) is 0.714. The standard InChI is InChI=1S/C13H16N4O3/c1-4-20-12(18)8-17-9-15-13(19)10(7-14)11(17)5-6-16(2)3/h5-6,9H,4,8H2,1-3H3/b6-5+. The van der Waals surface area contributed by atoms with E-state index in [1.807, 2.05) is 6.07 Å². The number of nitrogens with zero attached hydrogens (tertiary/aromatic N) is 4. The third kappa shape index (κ3) is 3.95. The van der Waals surface area contributed by atoms with Crippen molar-refractivity contribution in [3.8, 4) is 6.07 Å². The van der Waals surface area contributed by atoms with Crippen LogP contribution in [0.2, 0.25) is 0 Å².